The summed E-state index contributed by atoms with van der Waals surface area (Å²) in [5.74, 6) is 6.27. The van der Waals surface area contributed by atoms with Gasteiger partial charge in [0.15, 0.2) is 5.05 Å². The molecule has 0 aromatic rings. The van der Waals surface area contributed by atoms with Crippen LogP contribution in [0.2, 0.25) is 0 Å². The lowest BCUT2D eigenvalue weighted by molar-refractivity contribution is -0.105. The van der Waals surface area contributed by atoms with Crippen molar-refractivity contribution in [3.05, 3.63) is 11.3 Å². The minimum Gasteiger partial charge on any atom is -0.512 e. The molecule has 4 rings (SSSR count). The molecule has 3 saturated carbocycles. The third-order valence-corrected chi connectivity index (χ3v) is 11.5. The highest BCUT2D eigenvalue weighted by Crippen LogP contribution is 2.68. The summed E-state index contributed by atoms with van der Waals surface area (Å²) in [6.07, 6.45) is 14.3. The molecule has 188 valence electrons. The summed E-state index contributed by atoms with van der Waals surface area (Å²) in [5.41, 5.74) is 1.74. The SMILES string of the molecule is CCOC(=S)C1=C(O)CC2CC[C@H]3[C@@H]4CC[C@H]([C@H](C)CCCC(C)C)[C@@]4(C)CC[C@@H]3[C@@]2(C)C1. The molecule has 0 bridgehead atoms. The molecule has 0 amide bonds. The summed E-state index contributed by atoms with van der Waals surface area (Å²) >= 11 is 5.59. The molecule has 3 heteroatoms. The second-order valence-electron chi connectivity index (χ2n) is 13.2. The van der Waals surface area contributed by atoms with Crippen molar-refractivity contribution in [2.75, 3.05) is 6.61 Å². The molecule has 0 aliphatic heterocycles. The van der Waals surface area contributed by atoms with Gasteiger partial charge in [-0.05, 0) is 116 Å². The van der Waals surface area contributed by atoms with Gasteiger partial charge in [-0.15, -0.1) is 0 Å². The van der Waals surface area contributed by atoms with Crippen molar-refractivity contribution in [3.63, 3.8) is 0 Å². The first-order valence-corrected chi connectivity index (χ1v) is 14.6. The van der Waals surface area contributed by atoms with E-state index in [1.54, 1.807) is 0 Å². The third-order valence-electron chi connectivity index (χ3n) is 11.1. The molecule has 0 heterocycles. The molecule has 0 saturated heterocycles. The molecule has 0 aromatic heterocycles. The number of rotatable bonds is 7. The summed E-state index contributed by atoms with van der Waals surface area (Å²) in [7, 11) is 0. The molecule has 3 fully saturated rings. The fraction of sp³-hybridized carbons (Fsp3) is 0.900. The fourth-order valence-corrected chi connectivity index (χ4v) is 9.73. The number of hydrogen-bond donors (Lipinski definition) is 1. The summed E-state index contributed by atoms with van der Waals surface area (Å²) in [6, 6.07) is 0. The van der Waals surface area contributed by atoms with Gasteiger partial charge in [0.05, 0.1) is 6.61 Å². The molecular formula is C30H50O2S. The van der Waals surface area contributed by atoms with Gasteiger partial charge in [0.1, 0.15) is 5.76 Å². The van der Waals surface area contributed by atoms with Gasteiger partial charge in [0, 0.05) is 12.0 Å². The predicted octanol–water partition coefficient (Wildman–Crippen LogP) is 8.89. The Morgan fingerprint density at radius 2 is 1.76 bits per heavy atom. The molecule has 8 atom stereocenters. The van der Waals surface area contributed by atoms with E-state index in [0.717, 1.165) is 53.9 Å². The maximum absolute atomic E-state index is 10.8. The van der Waals surface area contributed by atoms with E-state index in [-0.39, 0.29) is 5.41 Å². The van der Waals surface area contributed by atoms with E-state index in [9.17, 15) is 5.11 Å². The molecule has 0 aromatic carbocycles. The van der Waals surface area contributed by atoms with Crippen molar-refractivity contribution >= 4 is 17.3 Å². The lowest BCUT2D eigenvalue weighted by atomic mass is 9.44. The molecule has 4 aliphatic carbocycles. The quantitative estimate of drug-likeness (QED) is 0.373. The third kappa shape index (κ3) is 4.54. The van der Waals surface area contributed by atoms with Crippen molar-refractivity contribution in [1.82, 2.24) is 0 Å². The molecule has 4 aliphatic rings. The summed E-state index contributed by atoms with van der Waals surface area (Å²) < 4.78 is 5.70. The van der Waals surface area contributed by atoms with Gasteiger partial charge in [-0.2, -0.15) is 0 Å². The lowest BCUT2D eigenvalue weighted by Crippen LogP contribution is -2.53. The molecule has 0 radical (unpaired) electrons. The Labute approximate surface area is 209 Å². The molecule has 0 spiro atoms. The van der Waals surface area contributed by atoms with Gasteiger partial charge in [-0.25, -0.2) is 0 Å². The van der Waals surface area contributed by atoms with Crippen LogP contribution in [0.4, 0.5) is 0 Å². The predicted molar refractivity (Wildman–Crippen MR) is 142 cm³/mol. The van der Waals surface area contributed by atoms with Crippen molar-refractivity contribution < 1.29 is 9.84 Å². The number of aliphatic hydroxyl groups is 1. The van der Waals surface area contributed by atoms with E-state index in [1.165, 1.54) is 57.8 Å². The van der Waals surface area contributed by atoms with Crippen LogP contribution in [0, 0.1) is 52.3 Å². The van der Waals surface area contributed by atoms with Gasteiger partial charge in [0.2, 0.25) is 0 Å². The first-order chi connectivity index (χ1) is 15.6. The van der Waals surface area contributed by atoms with Crippen LogP contribution in [0.1, 0.15) is 112 Å². The van der Waals surface area contributed by atoms with Crippen molar-refractivity contribution in [1.29, 1.82) is 0 Å². The second kappa shape index (κ2) is 9.82. The van der Waals surface area contributed by atoms with Crippen LogP contribution in [0.25, 0.3) is 0 Å². The van der Waals surface area contributed by atoms with Crippen LogP contribution < -0.4 is 0 Å². The Morgan fingerprint density at radius 3 is 2.45 bits per heavy atom. The van der Waals surface area contributed by atoms with Crippen LogP contribution >= 0.6 is 12.2 Å². The Kier molecular flexibility index (Phi) is 7.60. The fourth-order valence-electron chi connectivity index (χ4n) is 9.42. The Hall–Kier alpha value is -0.570. The minimum absolute atomic E-state index is 0.258. The largest absolute Gasteiger partial charge is 0.512 e. The number of fused-ring (bicyclic) bond motifs is 5. The average molecular weight is 475 g/mol. The molecular weight excluding hydrogens is 424 g/mol. The van der Waals surface area contributed by atoms with Crippen molar-refractivity contribution in [3.8, 4) is 0 Å². The standard InChI is InChI=1S/C30H50O2S/c1-7-32-28(33)23-18-30(6)21(17-27(23)31)11-12-22-25-14-13-24(20(4)10-8-9-19(2)3)29(25,5)16-15-26(22)30/h19-22,24-26,31H,7-18H2,1-6H3/t20-,21?,22+,24-,25+,26+,29-,30+/m1/s1. The van der Waals surface area contributed by atoms with E-state index < -0.39 is 0 Å². The van der Waals surface area contributed by atoms with E-state index in [1.807, 2.05) is 6.92 Å². The summed E-state index contributed by atoms with van der Waals surface area (Å²) in [5, 5.41) is 11.4. The first-order valence-electron chi connectivity index (χ1n) is 14.2. The van der Waals surface area contributed by atoms with E-state index in [2.05, 4.69) is 34.6 Å². The number of allylic oxidation sites excluding steroid dienone is 1. The monoisotopic (exact) mass is 474 g/mol. The first kappa shape index (κ1) is 25.5. The summed E-state index contributed by atoms with van der Waals surface area (Å²) in [6.45, 7) is 15.1. The average Bonchev–Trinajstić information content (AvgIpc) is 3.11. The van der Waals surface area contributed by atoms with Crippen LogP contribution in [-0.4, -0.2) is 16.8 Å². The molecule has 2 nitrogen and oxygen atoms in total. The van der Waals surface area contributed by atoms with E-state index in [4.69, 9.17) is 17.0 Å². The van der Waals surface area contributed by atoms with Crippen LogP contribution in [0.15, 0.2) is 11.3 Å². The highest BCUT2D eigenvalue weighted by Gasteiger charge is 2.60. The maximum Gasteiger partial charge on any atom is 0.190 e. The zero-order valence-corrected chi connectivity index (χ0v) is 23.1. The zero-order valence-electron chi connectivity index (χ0n) is 22.3. The second-order valence-corrected chi connectivity index (χ2v) is 13.6. The van der Waals surface area contributed by atoms with Gasteiger partial charge in [-0.1, -0.05) is 53.9 Å². The molecule has 33 heavy (non-hydrogen) atoms. The summed E-state index contributed by atoms with van der Waals surface area (Å²) in [4.78, 5) is 0. The molecule has 1 unspecified atom stereocenters. The van der Waals surface area contributed by atoms with E-state index >= 15 is 0 Å². The van der Waals surface area contributed by atoms with Crippen LogP contribution in [0.5, 0.6) is 0 Å². The van der Waals surface area contributed by atoms with Crippen molar-refractivity contribution in [2.24, 2.45) is 52.3 Å². The van der Waals surface area contributed by atoms with Gasteiger partial charge >= 0.3 is 0 Å². The van der Waals surface area contributed by atoms with Crippen molar-refractivity contribution in [2.45, 2.75) is 112 Å². The van der Waals surface area contributed by atoms with E-state index in [0.29, 0.717) is 28.7 Å². The smallest absolute Gasteiger partial charge is 0.190 e. The topological polar surface area (TPSA) is 29.5 Å². The lowest BCUT2D eigenvalue weighted by Gasteiger charge is -2.60. The Balaban J connectivity index is 1.50. The van der Waals surface area contributed by atoms with Gasteiger partial charge in [0.25, 0.3) is 0 Å². The molecule has 1 N–H and O–H groups in total. The normalized spacial score (nSPS) is 41.4. The number of hydrogen-bond acceptors (Lipinski definition) is 3. The number of thiocarbonyl (C=S) groups is 1. The number of aliphatic hydroxyl groups excluding tert-OH is 1. The number of ether oxygens (including phenoxy) is 1. The Bertz CT molecular complexity index is 756. The van der Waals surface area contributed by atoms with Gasteiger partial charge < -0.3 is 9.84 Å². The highest BCUT2D eigenvalue weighted by molar-refractivity contribution is 7.80. The van der Waals surface area contributed by atoms with Gasteiger partial charge in [-0.3, -0.25) is 0 Å². The highest BCUT2D eigenvalue weighted by atomic mass is 32.1. The minimum atomic E-state index is 0.258. The van der Waals surface area contributed by atoms with Crippen LogP contribution in [0.3, 0.4) is 0 Å². The maximum atomic E-state index is 10.8. The zero-order chi connectivity index (χ0) is 24.0. The van der Waals surface area contributed by atoms with Crippen LogP contribution in [-0.2, 0) is 4.74 Å². The Morgan fingerprint density at radius 1 is 1.03 bits per heavy atom.